The van der Waals surface area contributed by atoms with Crippen molar-refractivity contribution in [3.63, 3.8) is 0 Å². The molecule has 1 saturated heterocycles. The Labute approximate surface area is 205 Å². The molecule has 4 N–H and O–H groups in total. The number of hydrogen-bond acceptors (Lipinski definition) is 4. The molecule has 1 saturated carbocycles. The van der Waals surface area contributed by atoms with E-state index in [-0.39, 0.29) is 36.3 Å². The van der Waals surface area contributed by atoms with Crippen LogP contribution in [-0.4, -0.2) is 51.1 Å². The molecule has 35 heavy (non-hydrogen) atoms. The van der Waals surface area contributed by atoms with Crippen LogP contribution < -0.4 is 11.1 Å². The molecule has 2 fully saturated rings. The Morgan fingerprint density at radius 3 is 2.69 bits per heavy atom. The monoisotopic (exact) mass is 498 g/mol. The number of hydrogen-bond donors (Lipinski definition) is 3. The normalized spacial score (nSPS) is 22.8. The number of nitrogens with zero attached hydrogens (tertiary/aromatic N) is 2. The van der Waals surface area contributed by atoms with Crippen molar-refractivity contribution in [1.29, 1.82) is 0 Å². The second-order valence-corrected chi connectivity index (χ2v) is 9.65. The SMILES string of the molecule is NC(=O)n1cc(NC(=O)N2[C@H](C(=O)CCc3cccc(Cl)c3F)C[C@@]3(CO)C[C@@H]23)c2ccccc21. The number of nitrogens with two attached hydrogens (primary N) is 1. The van der Waals surface area contributed by atoms with E-state index in [9.17, 15) is 23.9 Å². The van der Waals surface area contributed by atoms with Crippen molar-refractivity contribution < 1.29 is 23.9 Å². The van der Waals surface area contributed by atoms with E-state index in [1.54, 1.807) is 36.4 Å². The predicted octanol–water partition coefficient (Wildman–Crippen LogP) is 3.92. The van der Waals surface area contributed by atoms with E-state index in [1.165, 1.54) is 21.7 Å². The van der Waals surface area contributed by atoms with E-state index in [2.05, 4.69) is 5.32 Å². The Hall–Kier alpha value is -3.43. The number of halogens is 2. The Bertz CT molecular complexity index is 1360. The molecule has 3 atom stereocenters. The van der Waals surface area contributed by atoms with Crippen molar-refractivity contribution >= 4 is 46.0 Å². The smallest absolute Gasteiger partial charge is 0.323 e. The fraction of sp³-hybridized carbons (Fsp3) is 0.320. The number of aryl methyl sites for hydroxylation is 1. The maximum atomic E-state index is 14.3. The Morgan fingerprint density at radius 2 is 1.94 bits per heavy atom. The maximum Gasteiger partial charge on any atom is 0.323 e. The number of carbonyl (C=O) groups excluding carboxylic acids is 3. The molecule has 0 unspecified atom stereocenters. The molecule has 2 heterocycles. The van der Waals surface area contributed by atoms with Gasteiger partial charge in [-0.1, -0.05) is 41.9 Å². The first-order valence-electron chi connectivity index (χ1n) is 11.3. The van der Waals surface area contributed by atoms with Gasteiger partial charge in [0, 0.05) is 29.5 Å². The standard InChI is InChI=1S/C25H24ClFN4O4/c26-16-6-3-4-14(22(16)27)8-9-20(33)19-10-25(13-32)11-21(25)31(19)24(35)29-17-12-30(23(28)34)18-7-2-1-5-15(17)18/h1-7,12,19,21,32H,8-11,13H2,(H2,28,34)(H,29,35)/t19-,21+,25-/m0/s1. The zero-order valence-electron chi connectivity index (χ0n) is 18.7. The summed E-state index contributed by atoms with van der Waals surface area (Å²) in [4.78, 5) is 39.9. The van der Waals surface area contributed by atoms with Gasteiger partial charge in [0.2, 0.25) is 0 Å². The van der Waals surface area contributed by atoms with Crippen molar-refractivity contribution in [3.05, 3.63) is 65.1 Å². The molecular formula is C25H24ClFN4O4. The number of Topliss-reactive ketones (excluding diaryl/α,β-unsaturated/α-hetero) is 1. The van der Waals surface area contributed by atoms with Crippen LogP contribution in [0.15, 0.2) is 48.7 Å². The quantitative estimate of drug-likeness (QED) is 0.477. The number of benzene rings is 2. The van der Waals surface area contributed by atoms with E-state index in [0.717, 1.165) is 0 Å². The van der Waals surface area contributed by atoms with Crippen LogP contribution in [0.1, 0.15) is 24.8 Å². The fourth-order valence-corrected chi connectivity index (χ4v) is 5.43. The van der Waals surface area contributed by atoms with Gasteiger partial charge < -0.3 is 21.1 Å². The molecule has 8 nitrogen and oxygen atoms in total. The van der Waals surface area contributed by atoms with Gasteiger partial charge in [-0.05, 0) is 37.0 Å². The minimum absolute atomic E-state index is 0.00702. The maximum absolute atomic E-state index is 14.3. The molecule has 2 aliphatic rings. The Balaban J connectivity index is 1.37. The molecule has 0 radical (unpaired) electrons. The number of amides is 3. The number of urea groups is 1. The first kappa shape index (κ1) is 23.3. The second kappa shape index (κ2) is 8.66. The predicted molar refractivity (Wildman–Crippen MR) is 129 cm³/mol. The number of aliphatic hydroxyl groups excluding tert-OH is 1. The highest BCUT2D eigenvalue weighted by molar-refractivity contribution is 6.30. The van der Waals surface area contributed by atoms with Gasteiger partial charge in [-0.3, -0.25) is 9.36 Å². The van der Waals surface area contributed by atoms with Gasteiger partial charge in [0.15, 0.2) is 5.78 Å². The summed E-state index contributed by atoms with van der Waals surface area (Å²) in [5, 5.41) is 13.4. The Morgan fingerprint density at radius 1 is 1.17 bits per heavy atom. The molecule has 0 bridgehead atoms. The first-order valence-corrected chi connectivity index (χ1v) is 11.7. The van der Waals surface area contributed by atoms with Gasteiger partial charge in [-0.25, -0.2) is 14.0 Å². The summed E-state index contributed by atoms with van der Waals surface area (Å²) >= 11 is 5.84. The minimum Gasteiger partial charge on any atom is -0.396 e. The van der Waals surface area contributed by atoms with Crippen LogP contribution in [0.5, 0.6) is 0 Å². The van der Waals surface area contributed by atoms with E-state index < -0.39 is 29.3 Å². The number of primary amides is 1. The van der Waals surface area contributed by atoms with Gasteiger partial charge in [0.25, 0.3) is 0 Å². The lowest BCUT2D eigenvalue weighted by Gasteiger charge is -2.27. The molecule has 182 valence electrons. The number of aromatic nitrogens is 1. The zero-order chi connectivity index (χ0) is 24.9. The van der Waals surface area contributed by atoms with E-state index in [1.807, 2.05) is 0 Å². The highest BCUT2D eigenvalue weighted by Crippen LogP contribution is 2.59. The molecule has 2 aromatic carbocycles. The van der Waals surface area contributed by atoms with Crippen molar-refractivity contribution in [1.82, 2.24) is 9.47 Å². The summed E-state index contributed by atoms with van der Waals surface area (Å²) in [6.07, 6.45) is 2.58. The summed E-state index contributed by atoms with van der Waals surface area (Å²) in [6.45, 7) is -0.130. The third kappa shape index (κ3) is 3.94. The van der Waals surface area contributed by atoms with Gasteiger partial charge in [0.1, 0.15) is 5.82 Å². The summed E-state index contributed by atoms with van der Waals surface area (Å²) in [6, 6.07) is 9.45. The topological polar surface area (TPSA) is 118 Å². The number of carbonyl (C=O) groups is 3. The lowest BCUT2D eigenvalue weighted by atomic mass is 9.95. The van der Waals surface area contributed by atoms with E-state index in [4.69, 9.17) is 17.3 Å². The van der Waals surface area contributed by atoms with Crippen molar-refractivity contribution in [2.24, 2.45) is 11.1 Å². The minimum atomic E-state index is -0.743. The average Bonchev–Trinajstić information content (AvgIpc) is 3.27. The van der Waals surface area contributed by atoms with Gasteiger partial charge in [0.05, 0.1) is 28.9 Å². The van der Waals surface area contributed by atoms with Gasteiger partial charge in [-0.15, -0.1) is 0 Å². The molecule has 1 aromatic heterocycles. The van der Waals surface area contributed by atoms with E-state index in [0.29, 0.717) is 35.0 Å². The third-order valence-electron chi connectivity index (χ3n) is 7.20. The van der Waals surface area contributed by atoms with Crippen LogP contribution in [0.25, 0.3) is 10.9 Å². The Kier molecular flexibility index (Phi) is 5.77. The van der Waals surface area contributed by atoms with E-state index >= 15 is 0 Å². The summed E-state index contributed by atoms with van der Waals surface area (Å²) in [7, 11) is 0. The third-order valence-corrected chi connectivity index (χ3v) is 7.49. The molecule has 1 aliphatic carbocycles. The molecule has 3 amide bonds. The number of piperidine rings is 1. The molecule has 10 heteroatoms. The van der Waals surface area contributed by atoms with Crippen LogP contribution in [0.2, 0.25) is 5.02 Å². The highest BCUT2D eigenvalue weighted by atomic mass is 35.5. The number of para-hydroxylation sites is 1. The number of anilines is 1. The van der Waals surface area contributed by atoms with Gasteiger partial charge in [-0.2, -0.15) is 0 Å². The molecule has 5 rings (SSSR count). The lowest BCUT2D eigenvalue weighted by molar-refractivity contribution is -0.123. The van der Waals surface area contributed by atoms with Crippen LogP contribution in [0.3, 0.4) is 0 Å². The highest BCUT2D eigenvalue weighted by Gasteiger charge is 2.66. The molecule has 1 aliphatic heterocycles. The van der Waals surface area contributed by atoms with Crippen molar-refractivity contribution in [2.45, 2.75) is 37.8 Å². The number of nitrogens with one attached hydrogen (secondary N) is 1. The van der Waals surface area contributed by atoms with Crippen LogP contribution in [0.4, 0.5) is 19.7 Å². The summed E-state index contributed by atoms with van der Waals surface area (Å²) in [5.74, 6) is -0.761. The molecular weight excluding hydrogens is 475 g/mol. The first-order chi connectivity index (χ1) is 16.8. The zero-order valence-corrected chi connectivity index (χ0v) is 19.5. The summed E-state index contributed by atoms with van der Waals surface area (Å²) in [5.41, 5.74) is 6.23. The number of ketones is 1. The molecule has 0 spiro atoms. The number of aliphatic hydroxyl groups is 1. The van der Waals surface area contributed by atoms with Crippen LogP contribution >= 0.6 is 11.6 Å². The second-order valence-electron chi connectivity index (χ2n) is 9.25. The van der Waals surface area contributed by atoms with Crippen molar-refractivity contribution in [3.8, 4) is 0 Å². The lowest BCUT2D eigenvalue weighted by Crippen LogP contribution is -2.45. The average molecular weight is 499 g/mol. The number of rotatable bonds is 6. The number of likely N-dealkylation sites (tertiary alicyclic amines) is 1. The number of fused-ring (bicyclic) bond motifs is 2. The van der Waals surface area contributed by atoms with Gasteiger partial charge >= 0.3 is 12.1 Å². The fourth-order valence-electron chi connectivity index (χ4n) is 5.23. The van der Waals surface area contributed by atoms with Crippen molar-refractivity contribution in [2.75, 3.05) is 11.9 Å². The van der Waals surface area contributed by atoms with Crippen LogP contribution in [0, 0.1) is 11.2 Å². The largest absolute Gasteiger partial charge is 0.396 e. The van der Waals surface area contributed by atoms with Crippen LogP contribution in [-0.2, 0) is 11.2 Å². The molecule has 3 aromatic rings. The summed E-state index contributed by atoms with van der Waals surface area (Å²) < 4.78 is 15.5.